The molecule has 156 valence electrons. The van der Waals surface area contributed by atoms with Gasteiger partial charge in [0, 0.05) is 37.9 Å². The number of carbonyl (C=O) groups excluding carboxylic acids is 1. The van der Waals surface area contributed by atoms with Crippen LogP contribution in [-0.4, -0.2) is 66.7 Å². The molecule has 29 heavy (non-hydrogen) atoms. The number of benzene rings is 1. The zero-order chi connectivity index (χ0) is 20.8. The number of rotatable bonds is 3. The molecule has 2 aliphatic heterocycles. The number of anilines is 2. The van der Waals surface area contributed by atoms with E-state index in [4.69, 9.17) is 4.74 Å². The maximum absolute atomic E-state index is 12.9. The molecule has 1 fully saturated rings. The van der Waals surface area contributed by atoms with Crippen LogP contribution < -0.4 is 14.5 Å². The predicted molar refractivity (Wildman–Crippen MR) is 116 cm³/mol. The number of hydrogen-bond donors (Lipinski definition) is 0. The summed E-state index contributed by atoms with van der Waals surface area (Å²) < 4.78 is 5.65. The minimum atomic E-state index is 0.132. The number of hydrogen-bond acceptors (Lipinski definition) is 6. The molecule has 0 N–H and O–H groups in total. The lowest BCUT2D eigenvalue weighted by Gasteiger charge is -2.37. The van der Waals surface area contributed by atoms with Gasteiger partial charge in [0.25, 0.3) is 0 Å². The van der Waals surface area contributed by atoms with Crippen molar-refractivity contribution in [3.63, 3.8) is 0 Å². The first-order valence-corrected chi connectivity index (χ1v) is 10.4. The van der Waals surface area contributed by atoms with Gasteiger partial charge in [-0.2, -0.15) is 0 Å². The Labute approximate surface area is 173 Å². The SMILES string of the molecule is CC.Cc1cc(N2CCN(CC(=O)N3CCOc4ccccc43)CC2)nc(C)n1. The number of carbonyl (C=O) groups is 1. The summed E-state index contributed by atoms with van der Waals surface area (Å²) in [6, 6.07) is 9.77. The molecule has 0 spiro atoms. The first kappa shape index (κ1) is 21.0. The standard InChI is InChI=1S/C20H25N5O2.C2H6/c1-15-13-19(22-16(2)21-15)24-9-7-23(8-10-24)14-20(26)25-11-12-27-18-6-4-3-5-17(18)25;1-2/h3-6,13H,7-12,14H2,1-2H3;1-2H3. The fourth-order valence-corrected chi connectivity index (χ4v) is 3.70. The van der Waals surface area contributed by atoms with Gasteiger partial charge < -0.3 is 14.5 Å². The Bertz CT molecular complexity index is 813. The molecule has 1 aromatic heterocycles. The van der Waals surface area contributed by atoms with Crippen LogP contribution in [0.3, 0.4) is 0 Å². The second kappa shape index (κ2) is 9.69. The molecule has 2 aromatic rings. The van der Waals surface area contributed by atoms with E-state index >= 15 is 0 Å². The number of ether oxygens (including phenoxy) is 1. The van der Waals surface area contributed by atoms with Crippen LogP contribution in [0, 0.1) is 13.8 Å². The Morgan fingerprint density at radius 3 is 2.48 bits per heavy atom. The van der Waals surface area contributed by atoms with Crippen LogP contribution in [0.15, 0.2) is 30.3 Å². The van der Waals surface area contributed by atoms with Gasteiger partial charge in [-0.25, -0.2) is 9.97 Å². The van der Waals surface area contributed by atoms with E-state index in [0.29, 0.717) is 19.7 Å². The monoisotopic (exact) mass is 397 g/mol. The highest BCUT2D eigenvalue weighted by atomic mass is 16.5. The molecule has 0 bridgehead atoms. The Balaban J connectivity index is 0.00000117. The Morgan fingerprint density at radius 2 is 1.76 bits per heavy atom. The minimum absolute atomic E-state index is 0.132. The summed E-state index contributed by atoms with van der Waals surface area (Å²) in [5, 5.41) is 0. The molecule has 7 heteroatoms. The van der Waals surface area contributed by atoms with Crippen molar-refractivity contribution in [1.29, 1.82) is 0 Å². The lowest BCUT2D eigenvalue weighted by Crippen LogP contribution is -2.51. The molecule has 0 aliphatic carbocycles. The van der Waals surface area contributed by atoms with Crippen LogP contribution in [0.2, 0.25) is 0 Å². The van der Waals surface area contributed by atoms with Gasteiger partial charge in [0.15, 0.2) is 0 Å². The molecule has 0 atom stereocenters. The number of aromatic nitrogens is 2. The van der Waals surface area contributed by atoms with Crippen LogP contribution >= 0.6 is 0 Å². The largest absolute Gasteiger partial charge is 0.490 e. The van der Waals surface area contributed by atoms with E-state index < -0.39 is 0 Å². The number of piperazine rings is 1. The Morgan fingerprint density at radius 1 is 1.03 bits per heavy atom. The lowest BCUT2D eigenvalue weighted by molar-refractivity contribution is -0.120. The summed E-state index contributed by atoms with van der Waals surface area (Å²) in [5.41, 5.74) is 1.86. The second-order valence-electron chi connectivity index (χ2n) is 7.04. The van der Waals surface area contributed by atoms with Gasteiger partial charge in [-0.15, -0.1) is 0 Å². The molecule has 2 aliphatic rings. The molecule has 1 saturated heterocycles. The third-order valence-corrected chi connectivity index (χ3v) is 5.04. The third-order valence-electron chi connectivity index (χ3n) is 5.04. The van der Waals surface area contributed by atoms with E-state index in [2.05, 4.69) is 19.8 Å². The van der Waals surface area contributed by atoms with Crippen LogP contribution in [0.4, 0.5) is 11.5 Å². The summed E-state index contributed by atoms with van der Waals surface area (Å²) in [6.07, 6.45) is 0. The van der Waals surface area contributed by atoms with E-state index in [-0.39, 0.29) is 5.91 Å². The average molecular weight is 398 g/mol. The highest BCUT2D eigenvalue weighted by Gasteiger charge is 2.26. The van der Waals surface area contributed by atoms with Crippen molar-refractivity contribution in [2.45, 2.75) is 27.7 Å². The maximum atomic E-state index is 12.9. The van der Waals surface area contributed by atoms with E-state index in [9.17, 15) is 4.79 Å². The number of aryl methyl sites for hydroxylation is 2. The number of amides is 1. The smallest absolute Gasteiger partial charge is 0.241 e. The van der Waals surface area contributed by atoms with Gasteiger partial charge in [0.05, 0.1) is 18.8 Å². The van der Waals surface area contributed by atoms with Gasteiger partial charge >= 0.3 is 0 Å². The van der Waals surface area contributed by atoms with Crippen molar-refractivity contribution in [3.05, 3.63) is 41.9 Å². The van der Waals surface area contributed by atoms with Crippen LogP contribution in [0.25, 0.3) is 0 Å². The molecule has 1 aromatic carbocycles. The Kier molecular flexibility index (Phi) is 7.04. The quantitative estimate of drug-likeness (QED) is 0.794. The average Bonchev–Trinajstić information content (AvgIpc) is 2.74. The van der Waals surface area contributed by atoms with E-state index in [1.807, 2.05) is 62.9 Å². The lowest BCUT2D eigenvalue weighted by atomic mass is 10.2. The normalized spacial score (nSPS) is 16.4. The van der Waals surface area contributed by atoms with Crippen molar-refractivity contribution in [2.75, 3.05) is 55.7 Å². The molecular weight excluding hydrogens is 366 g/mol. The van der Waals surface area contributed by atoms with E-state index in [1.165, 1.54) is 0 Å². The maximum Gasteiger partial charge on any atom is 0.241 e. The van der Waals surface area contributed by atoms with Crippen molar-refractivity contribution < 1.29 is 9.53 Å². The van der Waals surface area contributed by atoms with Gasteiger partial charge in [0.1, 0.15) is 24.0 Å². The van der Waals surface area contributed by atoms with Crippen LogP contribution in [-0.2, 0) is 4.79 Å². The highest BCUT2D eigenvalue weighted by Crippen LogP contribution is 2.31. The van der Waals surface area contributed by atoms with Crippen molar-refractivity contribution >= 4 is 17.4 Å². The number of nitrogens with zero attached hydrogens (tertiary/aromatic N) is 5. The second-order valence-corrected chi connectivity index (χ2v) is 7.04. The summed E-state index contributed by atoms with van der Waals surface area (Å²) in [6.45, 7) is 12.9. The molecule has 0 saturated carbocycles. The van der Waals surface area contributed by atoms with Gasteiger partial charge in [-0.1, -0.05) is 26.0 Å². The molecular formula is C22H31N5O2. The Hall–Kier alpha value is -2.67. The van der Waals surface area contributed by atoms with Gasteiger partial charge in [-0.05, 0) is 26.0 Å². The summed E-state index contributed by atoms with van der Waals surface area (Å²) in [4.78, 5) is 28.1. The first-order valence-electron chi connectivity index (χ1n) is 10.4. The highest BCUT2D eigenvalue weighted by molar-refractivity contribution is 5.96. The molecule has 0 radical (unpaired) electrons. The van der Waals surface area contributed by atoms with E-state index in [1.54, 1.807) is 0 Å². The summed E-state index contributed by atoms with van der Waals surface area (Å²) >= 11 is 0. The van der Waals surface area contributed by atoms with Crippen LogP contribution in [0.1, 0.15) is 25.4 Å². The van der Waals surface area contributed by atoms with Crippen molar-refractivity contribution in [1.82, 2.24) is 14.9 Å². The van der Waals surface area contributed by atoms with Crippen LogP contribution in [0.5, 0.6) is 5.75 Å². The first-order chi connectivity index (χ1) is 14.1. The molecule has 0 unspecified atom stereocenters. The number of fused-ring (bicyclic) bond motifs is 1. The summed E-state index contributed by atoms with van der Waals surface area (Å²) in [7, 11) is 0. The molecule has 3 heterocycles. The minimum Gasteiger partial charge on any atom is -0.490 e. The third kappa shape index (κ3) is 5.03. The topological polar surface area (TPSA) is 61.8 Å². The summed E-state index contributed by atoms with van der Waals surface area (Å²) in [5.74, 6) is 2.70. The molecule has 4 rings (SSSR count). The molecule has 7 nitrogen and oxygen atoms in total. The van der Waals surface area contributed by atoms with Gasteiger partial charge in [0.2, 0.25) is 5.91 Å². The molecule has 1 amide bonds. The van der Waals surface area contributed by atoms with Crippen molar-refractivity contribution in [2.24, 2.45) is 0 Å². The zero-order valence-corrected chi connectivity index (χ0v) is 17.9. The zero-order valence-electron chi connectivity index (χ0n) is 17.9. The fourth-order valence-electron chi connectivity index (χ4n) is 3.70. The van der Waals surface area contributed by atoms with Gasteiger partial charge in [-0.3, -0.25) is 9.69 Å². The van der Waals surface area contributed by atoms with E-state index in [0.717, 1.165) is 55.0 Å². The number of para-hydroxylation sites is 2. The fraction of sp³-hybridized carbons (Fsp3) is 0.500. The van der Waals surface area contributed by atoms with Crippen molar-refractivity contribution in [3.8, 4) is 5.75 Å². The predicted octanol–water partition coefficient (Wildman–Crippen LogP) is 2.67.